The van der Waals surface area contributed by atoms with Crippen LogP contribution in [0.1, 0.15) is 36.0 Å². The first kappa shape index (κ1) is 21.9. The number of amides is 1. The number of fused-ring (bicyclic) bond motifs is 1. The van der Waals surface area contributed by atoms with Gasteiger partial charge in [0, 0.05) is 17.8 Å². The second kappa shape index (κ2) is 9.03. The molecule has 1 aliphatic carbocycles. The van der Waals surface area contributed by atoms with Crippen molar-refractivity contribution in [2.24, 2.45) is 11.5 Å². The molecule has 1 fully saturated rings. The fourth-order valence-corrected chi connectivity index (χ4v) is 3.99. The number of pyridine rings is 1. The lowest BCUT2D eigenvalue weighted by Gasteiger charge is -2.30. The number of primary amides is 1. The number of anilines is 3. The van der Waals surface area contributed by atoms with Gasteiger partial charge in [0.05, 0.1) is 23.0 Å². The highest BCUT2D eigenvalue weighted by Crippen LogP contribution is 2.28. The molecule has 32 heavy (non-hydrogen) atoms. The van der Waals surface area contributed by atoms with Crippen LogP contribution in [-0.4, -0.2) is 39.4 Å². The molecule has 0 spiro atoms. The molecule has 1 aromatic carbocycles. The highest BCUT2D eigenvalue weighted by molar-refractivity contribution is 5.99. The maximum absolute atomic E-state index is 14.7. The minimum atomic E-state index is -0.866. The molecule has 0 radical (unpaired) electrons. The van der Waals surface area contributed by atoms with Crippen LogP contribution in [0.25, 0.3) is 10.9 Å². The molecule has 1 aliphatic rings. The summed E-state index contributed by atoms with van der Waals surface area (Å²) in [6, 6.07) is 5.30. The zero-order valence-corrected chi connectivity index (χ0v) is 17.2. The van der Waals surface area contributed by atoms with Crippen LogP contribution in [0, 0.1) is 11.8 Å². The number of nitrogens with one attached hydrogen (secondary N) is 2. The third-order valence-corrected chi connectivity index (χ3v) is 5.65. The predicted molar refractivity (Wildman–Crippen MR) is 116 cm³/mol. The van der Waals surface area contributed by atoms with E-state index in [1.165, 1.54) is 10.7 Å². The Morgan fingerprint density at radius 1 is 1.19 bits per heavy atom. The molecule has 2 aromatic heterocycles. The summed E-state index contributed by atoms with van der Waals surface area (Å²) in [5, 5.41) is 9.89. The van der Waals surface area contributed by atoms with Crippen molar-refractivity contribution in [2.45, 2.75) is 44.3 Å². The number of nitrogens with zero attached hydrogens (tertiary/aromatic N) is 3. The van der Waals surface area contributed by atoms with Crippen molar-refractivity contribution >= 4 is 34.1 Å². The maximum Gasteiger partial charge on any atom is 0.252 e. The summed E-state index contributed by atoms with van der Waals surface area (Å²) in [7, 11) is 0. The zero-order chi connectivity index (χ0) is 22.8. The minimum Gasteiger partial charge on any atom is -0.365 e. The van der Waals surface area contributed by atoms with Gasteiger partial charge in [0.2, 0.25) is 5.95 Å². The van der Waals surface area contributed by atoms with Gasteiger partial charge in [-0.15, -0.1) is 5.10 Å². The summed E-state index contributed by atoms with van der Waals surface area (Å²) in [5.41, 5.74) is 12.2. The molecule has 1 saturated carbocycles. The number of alkyl halides is 1. The van der Waals surface area contributed by atoms with E-state index < -0.39 is 24.3 Å². The molecule has 6 N–H and O–H groups in total. The van der Waals surface area contributed by atoms with Crippen LogP contribution in [0.3, 0.4) is 0 Å². The number of nitrogens with two attached hydrogens (primary N) is 2. The number of aromatic nitrogens is 3. The quantitative estimate of drug-likeness (QED) is 0.441. The summed E-state index contributed by atoms with van der Waals surface area (Å²) in [4.78, 5) is 16.2. The summed E-state index contributed by atoms with van der Waals surface area (Å²) in [5.74, 6) is -2.32. The molecule has 11 heteroatoms. The Morgan fingerprint density at radius 3 is 2.69 bits per heavy atom. The van der Waals surface area contributed by atoms with E-state index in [-0.39, 0.29) is 41.2 Å². The van der Waals surface area contributed by atoms with E-state index >= 15 is 0 Å². The maximum atomic E-state index is 14.7. The first-order valence-electron chi connectivity index (χ1n) is 10.4. The summed E-state index contributed by atoms with van der Waals surface area (Å²) >= 11 is 0. The molecular weight excluding hydrogens is 423 g/mol. The molecule has 0 bridgehead atoms. The second-order valence-corrected chi connectivity index (χ2v) is 7.84. The third kappa shape index (κ3) is 4.33. The van der Waals surface area contributed by atoms with E-state index in [0.717, 1.165) is 31.7 Å². The molecule has 0 saturated heterocycles. The van der Waals surface area contributed by atoms with Crippen LogP contribution >= 0.6 is 0 Å². The van der Waals surface area contributed by atoms with E-state index in [9.17, 15) is 18.0 Å². The van der Waals surface area contributed by atoms with E-state index in [1.807, 2.05) is 0 Å². The zero-order valence-electron chi connectivity index (χ0n) is 17.2. The van der Waals surface area contributed by atoms with Gasteiger partial charge in [0.1, 0.15) is 12.5 Å². The Kier molecular flexibility index (Phi) is 6.17. The van der Waals surface area contributed by atoms with Gasteiger partial charge >= 0.3 is 0 Å². The van der Waals surface area contributed by atoms with Gasteiger partial charge in [-0.05, 0) is 37.1 Å². The van der Waals surface area contributed by atoms with Gasteiger partial charge in [0.25, 0.3) is 5.91 Å². The number of halogens is 3. The third-order valence-electron chi connectivity index (χ3n) is 5.65. The van der Waals surface area contributed by atoms with E-state index in [4.69, 9.17) is 11.5 Å². The Morgan fingerprint density at radius 2 is 1.97 bits per heavy atom. The van der Waals surface area contributed by atoms with Crippen molar-refractivity contribution in [2.75, 3.05) is 17.3 Å². The lowest BCUT2D eigenvalue weighted by Crippen LogP contribution is -2.43. The first-order valence-corrected chi connectivity index (χ1v) is 10.4. The highest BCUT2D eigenvalue weighted by Gasteiger charge is 2.24. The van der Waals surface area contributed by atoms with Crippen molar-refractivity contribution in [3.63, 3.8) is 0 Å². The number of aryl methyl sites for hydroxylation is 1. The van der Waals surface area contributed by atoms with Crippen molar-refractivity contribution in [3.05, 3.63) is 41.6 Å². The molecule has 1 amide bonds. The van der Waals surface area contributed by atoms with Gasteiger partial charge < -0.3 is 22.1 Å². The number of hydrogen-bond acceptors (Lipinski definition) is 6. The van der Waals surface area contributed by atoms with Crippen molar-refractivity contribution in [1.82, 2.24) is 14.8 Å². The molecule has 8 nitrogen and oxygen atoms in total. The summed E-state index contributed by atoms with van der Waals surface area (Å²) in [6.45, 7) is -0.821. The molecule has 3 aromatic rings. The lowest BCUT2D eigenvalue weighted by molar-refractivity contribution is 0.100. The molecular formula is C21H24F3N7O. The van der Waals surface area contributed by atoms with Gasteiger partial charge in [0.15, 0.2) is 11.6 Å². The SMILES string of the molecule is NC(=O)c1cc(F)c(NC2CCCCC2N)nc1Nc1ccc2c(F)nn(CCF)c2c1. The number of rotatable bonds is 7. The van der Waals surface area contributed by atoms with Crippen LogP contribution in [0.5, 0.6) is 0 Å². The Bertz CT molecular complexity index is 1150. The van der Waals surface area contributed by atoms with Crippen LogP contribution in [-0.2, 0) is 6.54 Å². The van der Waals surface area contributed by atoms with E-state index in [1.54, 1.807) is 12.1 Å². The molecule has 170 valence electrons. The average Bonchev–Trinajstić information content (AvgIpc) is 3.06. The molecule has 2 heterocycles. The van der Waals surface area contributed by atoms with Crippen LogP contribution < -0.4 is 22.1 Å². The van der Waals surface area contributed by atoms with Gasteiger partial charge in [-0.1, -0.05) is 12.8 Å². The Balaban J connectivity index is 1.68. The fourth-order valence-electron chi connectivity index (χ4n) is 3.99. The lowest BCUT2D eigenvalue weighted by atomic mass is 9.91. The Labute approximate surface area is 182 Å². The summed E-state index contributed by atoms with van der Waals surface area (Å²) < 4.78 is 42.7. The number of carbonyl (C=O) groups excluding carboxylic acids is 1. The van der Waals surface area contributed by atoms with Gasteiger partial charge in [-0.3, -0.25) is 9.48 Å². The summed E-state index contributed by atoms with van der Waals surface area (Å²) in [6.07, 6.45) is 3.60. The van der Waals surface area contributed by atoms with Gasteiger partial charge in [-0.25, -0.2) is 13.8 Å². The van der Waals surface area contributed by atoms with Gasteiger partial charge in [-0.2, -0.15) is 4.39 Å². The van der Waals surface area contributed by atoms with Crippen molar-refractivity contribution in [3.8, 4) is 0 Å². The standard InChI is InChI=1S/C21H24F3N7O/c22-7-8-31-17-9-11(5-6-12(17)18(24)30-31)27-20-13(19(26)32)10-14(23)21(29-20)28-16-4-2-1-3-15(16)25/h5-6,9-10,15-16H,1-4,7-8,25H2,(H2,26,32)(H2,27,28,29). The normalized spacial score (nSPS) is 18.6. The molecule has 4 rings (SSSR count). The first-order chi connectivity index (χ1) is 15.4. The van der Waals surface area contributed by atoms with Crippen LogP contribution in [0.4, 0.5) is 30.5 Å². The smallest absolute Gasteiger partial charge is 0.252 e. The number of carbonyl (C=O) groups is 1. The topological polar surface area (TPSA) is 124 Å². The fraction of sp³-hybridized carbons (Fsp3) is 0.381. The van der Waals surface area contributed by atoms with Crippen LogP contribution in [0.15, 0.2) is 24.3 Å². The Hall–Kier alpha value is -3.34. The van der Waals surface area contributed by atoms with Crippen molar-refractivity contribution < 1.29 is 18.0 Å². The van der Waals surface area contributed by atoms with Crippen LogP contribution in [0.2, 0.25) is 0 Å². The molecule has 2 atom stereocenters. The second-order valence-electron chi connectivity index (χ2n) is 7.84. The molecule has 2 unspecified atom stereocenters. The van der Waals surface area contributed by atoms with E-state index in [2.05, 4.69) is 20.7 Å². The monoisotopic (exact) mass is 447 g/mol. The van der Waals surface area contributed by atoms with Crippen molar-refractivity contribution in [1.29, 1.82) is 0 Å². The number of hydrogen-bond donors (Lipinski definition) is 4. The average molecular weight is 447 g/mol. The minimum absolute atomic E-state index is 0.0298. The predicted octanol–water partition coefficient (Wildman–Crippen LogP) is 3.20. The number of benzene rings is 1. The largest absolute Gasteiger partial charge is 0.365 e. The highest BCUT2D eigenvalue weighted by atomic mass is 19.1. The molecule has 0 aliphatic heterocycles. The van der Waals surface area contributed by atoms with E-state index in [0.29, 0.717) is 11.2 Å².